The largest absolute Gasteiger partial charge is 0.496 e. The highest BCUT2D eigenvalue weighted by Crippen LogP contribution is 2.38. The topological polar surface area (TPSA) is 85.7 Å². The third-order valence-corrected chi connectivity index (χ3v) is 7.46. The lowest BCUT2D eigenvalue weighted by Gasteiger charge is -2.31. The van der Waals surface area contributed by atoms with Crippen LogP contribution in [0.15, 0.2) is 18.2 Å². The van der Waals surface area contributed by atoms with E-state index in [1.54, 1.807) is 7.11 Å². The Morgan fingerprint density at radius 2 is 1.94 bits per heavy atom. The van der Waals surface area contributed by atoms with Crippen LogP contribution in [0.1, 0.15) is 87.0 Å². The molecule has 1 fully saturated rings. The molecule has 0 saturated carbocycles. The van der Waals surface area contributed by atoms with Crippen molar-refractivity contribution in [3.8, 4) is 5.75 Å². The Morgan fingerprint density at radius 3 is 2.61 bits per heavy atom. The van der Waals surface area contributed by atoms with Gasteiger partial charge in [0.05, 0.1) is 24.9 Å². The molecule has 0 radical (unpaired) electrons. The molecule has 1 aromatic heterocycles. The van der Waals surface area contributed by atoms with Gasteiger partial charge in [-0.1, -0.05) is 19.1 Å². The van der Waals surface area contributed by atoms with Crippen LogP contribution < -0.4 is 10.1 Å². The summed E-state index contributed by atoms with van der Waals surface area (Å²) in [5.41, 5.74) is 4.84. The molecule has 8 nitrogen and oxygen atoms in total. The number of nitrogens with one attached hydrogen (secondary N) is 1. The summed E-state index contributed by atoms with van der Waals surface area (Å²) in [5.74, 6) is 1.17. The zero-order chi connectivity index (χ0) is 26.2. The van der Waals surface area contributed by atoms with E-state index in [1.165, 1.54) is 5.56 Å². The van der Waals surface area contributed by atoms with Crippen LogP contribution >= 0.6 is 0 Å². The second kappa shape index (κ2) is 10.1. The van der Waals surface area contributed by atoms with Crippen molar-refractivity contribution in [2.24, 2.45) is 0 Å². The molecule has 0 spiro atoms. The number of benzene rings is 1. The van der Waals surface area contributed by atoms with Gasteiger partial charge in [-0.2, -0.15) is 5.10 Å². The van der Waals surface area contributed by atoms with Gasteiger partial charge in [-0.3, -0.25) is 9.48 Å². The van der Waals surface area contributed by atoms with Crippen LogP contribution in [0.4, 0.5) is 4.79 Å². The number of ether oxygens (including phenoxy) is 2. The Labute approximate surface area is 214 Å². The van der Waals surface area contributed by atoms with E-state index in [1.807, 2.05) is 55.5 Å². The van der Waals surface area contributed by atoms with Crippen molar-refractivity contribution in [1.29, 1.82) is 0 Å². The number of carbonyl (C=O) groups is 2. The van der Waals surface area contributed by atoms with E-state index in [9.17, 15) is 9.59 Å². The molecule has 4 rings (SSSR count). The van der Waals surface area contributed by atoms with Gasteiger partial charge in [0, 0.05) is 18.2 Å². The average Bonchev–Trinajstić information content (AvgIpc) is 3.35. The van der Waals surface area contributed by atoms with E-state index in [4.69, 9.17) is 14.6 Å². The van der Waals surface area contributed by atoms with Gasteiger partial charge >= 0.3 is 6.09 Å². The van der Waals surface area contributed by atoms with Crippen molar-refractivity contribution in [2.75, 3.05) is 13.7 Å². The van der Waals surface area contributed by atoms with Gasteiger partial charge in [-0.15, -0.1) is 0 Å². The number of fused-ring (bicyclic) bond motifs is 1. The maximum atomic E-state index is 13.8. The molecule has 36 heavy (non-hydrogen) atoms. The molecule has 0 bridgehead atoms. The van der Waals surface area contributed by atoms with Crippen molar-refractivity contribution in [1.82, 2.24) is 20.0 Å². The Morgan fingerprint density at radius 1 is 1.19 bits per heavy atom. The van der Waals surface area contributed by atoms with Gasteiger partial charge in [-0.05, 0) is 83.1 Å². The van der Waals surface area contributed by atoms with E-state index < -0.39 is 11.7 Å². The first-order valence-corrected chi connectivity index (χ1v) is 13.0. The third-order valence-electron chi connectivity index (χ3n) is 7.46. The summed E-state index contributed by atoms with van der Waals surface area (Å²) in [7, 11) is 1.64. The van der Waals surface area contributed by atoms with Crippen LogP contribution in [0.5, 0.6) is 5.75 Å². The second-order valence-electron chi connectivity index (χ2n) is 11.1. The highest BCUT2D eigenvalue weighted by atomic mass is 16.6. The molecule has 1 aliphatic carbocycles. The van der Waals surface area contributed by atoms with Crippen LogP contribution in [-0.2, 0) is 22.5 Å². The normalized spacial score (nSPS) is 21.8. The SMILES string of the molecule is COc1cccc([C@H]2[C@@H](NC(=O)OC(C)(C)C)CCN2C(=O)Cn2nc3c(c2C)CCC[C@@H]3C)c1C. The number of aromatic nitrogens is 2. The lowest BCUT2D eigenvalue weighted by Crippen LogP contribution is -2.44. The maximum Gasteiger partial charge on any atom is 0.407 e. The van der Waals surface area contributed by atoms with Crippen LogP contribution in [0.25, 0.3) is 0 Å². The number of alkyl carbamates (subject to hydrolysis) is 1. The van der Waals surface area contributed by atoms with Gasteiger partial charge in [0.15, 0.2) is 0 Å². The molecular formula is C28H40N4O4. The Kier molecular flexibility index (Phi) is 7.34. The lowest BCUT2D eigenvalue weighted by molar-refractivity contribution is -0.133. The lowest BCUT2D eigenvalue weighted by atomic mass is 9.88. The van der Waals surface area contributed by atoms with Crippen molar-refractivity contribution in [3.05, 3.63) is 46.3 Å². The molecule has 8 heteroatoms. The summed E-state index contributed by atoms with van der Waals surface area (Å²) < 4.78 is 13.0. The highest BCUT2D eigenvalue weighted by Gasteiger charge is 2.41. The molecule has 1 N–H and O–H groups in total. The quantitative estimate of drug-likeness (QED) is 0.642. The standard InChI is InChI=1S/C28H40N4O4/c1-17-10-8-12-21-19(3)32(30-25(17)21)16-24(33)31-15-14-22(29-27(34)36-28(4,5)6)26(31)20-11-9-13-23(35-7)18(20)2/h9,11,13,17,22,26H,8,10,12,14-16H2,1-7H3,(H,29,34)/t17-,22-,26-/m0/s1. The van der Waals surface area contributed by atoms with Crippen molar-refractivity contribution in [3.63, 3.8) is 0 Å². The van der Waals surface area contributed by atoms with E-state index >= 15 is 0 Å². The number of nitrogens with zero attached hydrogens (tertiary/aromatic N) is 3. The molecule has 1 aliphatic heterocycles. The van der Waals surface area contributed by atoms with Gasteiger partial charge in [0.25, 0.3) is 0 Å². The molecule has 1 saturated heterocycles. The van der Waals surface area contributed by atoms with Crippen LogP contribution in [0.3, 0.4) is 0 Å². The summed E-state index contributed by atoms with van der Waals surface area (Å²) >= 11 is 0. The predicted octanol–water partition coefficient (Wildman–Crippen LogP) is 4.82. The first kappa shape index (κ1) is 26.0. The first-order chi connectivity index (χ1) is 17.0. The molecule has 3 atom stereocenters. The summed E-state index contributed by atoms with van der Waals surface area (Å²) in [5, 5.41) is 7.89. The zero-order valence-corrected chi connectivity index (χ0v) is 22.7. The summed E-state index contributed by atoms with van der Waals surface area (Å²) in [6.45, 7) is 12.5. The Balaban J connectivity index is 1.63. The molecule has 1 aromatic carbocycles. The number of likely N-dealkylation sites (tertiary alicyclic amines) is 1. The van der Waals surface area contributed by atoms with Crippen LogP contribution in [-0.4, -0.2) is 52.0 Å². The second-order valence-corrected chi connectivity index (χ2v) is 11.1. The number of hydrogen-bond donors (Lipinski definition) is 1. The Hall–Kier alpha value is -3.03. The van der Waals surface area contributed by atoms with E-state index in [2.05, 4.69) is 19.2 Å². The number of methoxy groups -OCH3 is 1. The fourth-order valence-corrected chi connectivity index (χ4v) is 5.65. The highest BCUT2D eigenvalue weighted by molar-refractivity contribution is 5.78. The first-order valence-electron chi connectivity index (χ1n) is 13.0. The van der Waals surface area contributed by atoms with Crippen LogP contribution in [0, 0.1) is 13.8 Å². The van der Waals surface area contributed by atoms with Gasteiger partial charge in [0.1, 0.15) is 17.9 Å². The minimum atomic E-state index is -0.604. The van der Waals surface area contributed by atoms with E-state index in [0.29, 0.717) is 18.9 Å². The van der Waals surface area contributed by atoms with Crippen molar-refractivity contribution < 1.29 is 19.1 Å². The molecule has 2 heterocycles. The van der Waals surface area contributed by atoms with Gasteiger partial charge in [-0.25, -0.2) is 4.79 Å². The van der Waals surface area contributed by atoms with Gasteiger partial charge < -0.3 is 19.7 Å². The molecule has 0 unspecified atom stereocenters. The Bertz CT molecular complexity index is 1130. The zero-order valence-electron chi connectivity index (χ0n) is 22.7. The molecule has 2 aromatic rings. The van der Waals surface area contributed by atoms with Crippen LogP contribution in [0.2, 0.25) is 0 Å². The minimum Gasteiger partial charge on any atom is -0.496 e. The average molecular weight is 497 g/mol. The van der Waals surface area contributed by atoms with Crippen molar-refractivity contribution >= 4 is 12.0 Å². The van der Waals surface area contributed by atoms with Crippen molar-refractivity contribution in [2.45, 2.75) is 97.4 Å². The van der Waals surface area contributed by atoms with Gasteiger partial charge in [0.2, 0.25) is 5.91 Å². The number of rotatable bonds is 5. The maximum absolute atomic E-state index is 13.8. The molecule has 196 valence electrons. The fraction of sp³-hybridized carbons (Fsp3) is 0.607. The third kappa shape index (κ3) is 5.22. The predicted molar refractivity (Wildman–Crippen MR) is 138 cm³/mol. The smallest absolute Gasteiger partial charge is 0.407 e. The van der Waals surface area contributed by atoms with E-state index in [-0.39, 0.29) is 24.5 Å². The molecule has 2 aliphatic rings. The summed E-state index contributed by atoms with van der Waals surface area (Å²) in [6, 6.07) is 5.25. The summed E-state index contributed by atoms with van der Waals surface area (Å²) in [4.78, 5) is 28.3. The minimum absolute atomic E-state index is 0.00805. The number of amides is 2. The van der Waals surface area contributed by atoms with E-state index in [0.717, 1.165) is 47.5 Å². The molecule has 2 amide bonds. The monoisotopic (exact) mass is 496 g/mol. The fourth-order valence-electron chi connectivity index (χ4n) is 5.65. The number of hydrogen-bond acceptors (Lipinski definition) is 5. The summed E-state index contributed by atoms with van der Waals surface area (Å²) in [6.07, 6.45) is 3.49. The molecular weight excluding hydrogens is 456 g/mol. The number of carbonyl (C=O) groups excluding carboxylic acids is 2.